The zero-order valence-corrected chi connectivity index (χ0v) is 12.3. The van der Waals surface area contributed by atoms with Crippen LogP contribution in [0.2, 0.25) is 0 Å². The number of nitrogens with zero attached hydrogens (tertiary/aromatic N) is 3. The molecule has 22 heavy (non-hydrogen) atoms. The van der Waals surface area contributed by atoms with Gasteiger partial charge in [-0.25, -0.2) is 0 Å². The average molecular weight is 317 g/mol. The van der Waals surface area contributed by atoms with Crippen molar-refractivity contribution in [1.82, 2.24) is 9.80 Å². The minimum absolute atomic E-state index is 0.298. The number of likely N-dealkylation sites (N-methyl/N-ethyl adjacent to an activating group) is 1. The van der Waals surface area contributed by atoms with E-state index in [1.807, 2.05) is 4.90 Å². The van der Waals surface area contributed by atoms with E-state index in [-0.39, 0.29) is 0 Å². The van der Waals surface area contributed by atoms with Crippen molar-refractivity contribution >= 4 is 5.69 Å². The van der Waals surface area contributed by atoms with E-state index in [0.29, 0.717) is 18.2 Å². The number of benzene rings is 1. The Morgan fingerprint density at radius 3 is 2.27 bits per heavy atom. The van der Waals surface area contributed by atoms with Gasteiger partial charge < -0.3 is 4.90 Å². The summed E-state index contributed by atoms with van der Waals surface area (Å²) in [4.78, 5) is 14.6. The minimum atomic E-state index is -4.57. The van der Waals surface area contributed by atoms with Crippen molar-refractivity contribution in [3.05, 3.63) is 39.4 Å². The third kappa shape index (κ3) is 3.95. The van der Waals surface area contributed by atoms with E-state index in [1.165, 1.54) is 6.07 Å². The number of hydrogen-bond acceptors (Lipinski definition) is 4. The highest BCUT2D eigenvalue weighted by Crippen LogP contribution is 2.33. The van der Waals surface area contributed by atoms with E-state index < -0.39 is 22.4 Å². The lowest BCUT2D eigenvalue weighted by Gasteiger charge is -2.33. The highest BCUT2D eigenvalue weighted by molar-refractivity contribution is 5.44. The molecule has 8 heteroatoms. The van der Waals surface area contributed by atoms with E-state index >= 15 is 0 Å². The van der Waals surface area contributed by atoms with Crippen LogP contribution < -0.4 is 0 Å². The smallest absolute Gasteiger partial charge is 0.301 e. The second-order valence-electron chi connectivity index (χ2n) is 5.31. The van der Waals surface area contributed by atoms with Crippen LogP contribution in [0.4, 0.5) is 18.9 Å². The number of nitro benzene ring substituents is 1. The summed E-state index contributed by atoms with van der Waals surface area (Å²) in [7, 11) is 0. The standard InChI is InChI=1S/C14H18F3N3O2/c1-2-18-5-7-19(8-6-18)10-11-3-4-12(14(15,16)17)9-13(11)20(21)22/h3-4,9H,2,5-8,10H2,1H3. The highest BCUT2D eigenvalue weighted by Gasteiger charge is 2.33. The Morgan fingerprint density at radius 2 is 1.77 bits per heavy atom. The fraction of sp³-hybridized carbons (Fsp3) is 0.571. The fourth-order valence-corrected chi connectivity index (χ4v) is 2.55. The van der Waals surface area contributed by atoms with Gasteiger partial charge in [0.25, 0.3) is 5.69 Å². The zero-order valence-electron chi connectivity index (χ0n) is 12.3. The van der Waals surface area contributed by atoms with Gasteiger partial charge in [-0.15, -0.1) is 0 Å². The largest absolute Gasteiger partial charge is 0.416 e. The van der Waals surface area contributed by atoms with Crippen LogP contribution in [0.1, 0.15) is 18.1 Å². The zero-order chi connectivity index (χ0) is 16.3. The predicted octanol–water partition coefficient (Wildman–Crippen LogP) is 2.75. The topological polar surface area (TPSA) is 49.6 Å². The Hall–Kier alpha value is -1.67. The Labute approximate surface area is 126 Å². The molecule has 0 N–H and O–H groups in total. The molecule has 1 heterocycles. The molecule has 0 aliphatic carbocycles. The first-order chi connectivity index (χ1) is 10.3. The molecule has 2 rings (SSSR count). The molecule has 1 saturated heterocycles. The maximum atomic E-state index is 12.7. The fourth-order valence-electron chi connectivity index (χ4n) is 2.55. The van der Waals surface area contributed by atoms with E-state index in [9.17, 15) is 23.3 Å². The Kier molecular flexibility index (Phi) is 5.02. The monoisotopic (exact) mass is 317 g/mol. The van der Waals surface area contributed by atoms with Crippen LogP contribution in [0.25, 0.3) is 0 Å². The molecule has 1 aromatic carbocycles. The van der Waals surface area contributed by atoms with Gasteiger partial charge in [-0.1, -0.05) is 13.0 Å². The van der Waals surface area contributed by atoms with E-state index in [2.05, 4.69) is 11.8 Å². The second kappa shape index (κ2) is 6.62. The molecule has 1 aromatic rings. The summed E-state index contributed by atoms with van der Waals surface area (Å²) in [5.74, 6) is 0. The molecule has 1 aliphatic rings. The first-order valence-electron chi connectivity index (χ1n) is 7.10. The van der Waals surface area contributed by atoms with Crippen molar-refractivity contribution in [2.75, 3.05) is 32.7 Å². The van der Waals surface area contributed by atoms with Crippen LogP contribution in [0, 0.1) is 10.1 Å². The molecule has 1 aliphatic heterocycles. The van der Waals surface area contributed by atoms with Gasteiger partial charge in [0.05, 0.1) is 10.5 Å². The van der Waals surface area contributed by atoms with Gasteiger partial charge in [-0.2, -0.15) is 13.2 Å². The Bertz CT molecular complexity index is 541. The lowest BCUT2D eigenvalue weighted by molar-refractivity contribution is -0.386. The summed E-state index contributed by atoms with van der Waals surface area (Å²) < 4.78 is 38.0. The Morgan fingerprint density at radius 1 is 1.18 bits per heavy atom. The summed E-state index contributed by atoms with van der Waals surface area (Å²) in [5, 5.41) is 11.1. The lowest BCUT2D eigenvalue weighted by atomic mass is 10.1. The summed E-state index contributed by atoms with van der Waals surface area (Å²) in [6.07, 6.45) is -4.57. The van der Waals surface area contributed by atoms with Crippen LogP contribution in [0.3, 0.4) is 0 Å². The molecule has 0 saturated carbocycles. The van der Waals surface area contributed by atoms with Gasteiger partial charge in [0.15, 0.2) is 0 Å². The molecule has 0 aromatic heterocycles. The van der Waals surface area contributed by atoms with Gasteiger partial charge in [0.1, 0.15) is 0 Å². The third-order valence-corrected chi connectivity index (χ3v) is 3.92. The number of halogens is 3. The van der Waals surface area contributed by atoms with Gasteiger partial charge in [0.2, 0.25) is 0 Å². The van der Waals surface area contributed by atoms with E-state index in [4.69, 9.17) is 0 Å². The molecule has 0 amide bonds. The molecule has 1 fully saturated rings. The van der Waals surface area contributed by atoms with Crippen molar-refractivity contribution in [1.29, 1.82) is 0 Å². The van der Waals surface area contributed by atoms with Gasteiger partial charge >= 0.3 is 6.18 Å². The first-order valence-corrected chi connectivity index (χ1v) is 7.10. The normalized spacial score (nSPS) is 17.6. The predicted molar refractivity (Wildman–Crippen MR) is 75.5 cm³/mol. The van der Waals surface area contributed by atoms with Crippen LogP contribution in [0.5, 0.6) is 0 Å². The molecule has 0 radical (unpaired) electrons. The maximum Gasteiger partial charge on any atom is 0.416 e. The van der Waals surface area contributed by atoms with Crippen LogP contribution >= 0.6 is 0 Å². The third-order valence-electron chi connectivity index (χ3n) is 3.92. The molecule has 0 atom stereocenters. The molecule has 0 bridgehead atoms. The molecule has 0 spiro atoms. The average Bonchev–Trinajstić information content (AvgIpc) is 2.47. The number of hydrogen-bond donors (Lipinski definition) is 0. The Balaban J connectivity index is 2.15. The second-order valence-corrected chi connectivity index (χ2v) is 5.31. The number of piperazine rings is 1. The highest BCUT2D eigenvalue weighted by atomic mass is 19.4. The summed E-state index contributed by atoms with van der Waals surface area (Å²) in [5.41, 5.74) is -1.13. The molecule has 0 unspecified atom stereocenters. The van der Waals surface area contributed by atoms with Gasteiger partial charge in [0, 0.05) is 44.4 Å². The van der Waals surface area contributed by atoms with Crippen molar-refractivity contribution in [2.45, 2.75) is 19.6 Å². The minimum Gasteiger partial charge on any atom is -0.301 e. The van der Waals surface area contributed by atoms with Crippen molar-refractivity contribution in [2.24, 2.45) is 0 Å². The molecule has 5 nitrogen and oxygen atoms in total. The number of nitro groups is 1. The van der Waals surface area contributed by atoms with Crippen molar-refractivity contribution in [3.8, 4) is 0 Å². The first kappa shape index (κ1) is 16.7. The quantitative estimate of drug-likeness (QED) is 0.633. The van der Waals surface area contributed by atoms with Crippen molar-refractivity contribution in [3.63, 3.8) is 0 Å². The lowest BCUT2D eigenvalue weighted by Crippen LogP contribution is -2.45. The van der Waals surface area contributed by atoms with Gasteiger partial charge in [-0.3, -0.25) is 15.0 Å². The number of alkyl halides is 3. The summed E-state index contributed by atoms with van der Waals surface area (Å²) in [6, 6.07) is 2.75. The molecule has 122 valence electrons. The van der Waals surface area contributed by atoms with Crippen LogP contribution in [0.15, 0.2) is 18.2 Å². The molecular formula is C14H18F3N3O2. The van der Waals surface area contributed by atoms with Crippen LogP contribution in [-0.4, -0.2) is 47.4 Å². The van der Waals surface area contributed by atoms with Crippen LogP contribution in [-0.2, 0) is 12.7 Å². The maximum absolute atomic E-state index is 12.7. The SMILES string of the molecule is CCN1CCN(Cc2ccc(C(F)(F)F)cc2[N+](=O)[O-])CC1. The van der Waals surface area contributed by atoms with E-state index in [1.54, 1.807) is 0 Å². The summed E-state index contributed by atoms with van der Waals surface area (Å²) >= 11 is 0. The number of rotatable bonds is 4. The summed E-state index contributed by atoms with van der Waals surface area (Å²) in [6.45, 7) is 6.56. The van der Waals surface area contributed by atoms with E-state index in [0.717, 1.165) is 38.8 Å². The van der Waals surface area contributed by atoms with Crippen molar-refractivity contribution < 1.29 is 18.1 Å². The van der Waals surface area contributed by atoms with Gasteiger partial charge in [-0.05, 0) is 12.6 Å². The molecular weight excluding hydrogens is 299 g/mol.